The highest BCUT2D eigenvalue weighted by atomic mass is 35.5. The number of nitrogens with zero attached hydrogens (tertiary/aromatic N) is 2. The summed E-state index contributed by atoms with van der Waals surface area (Å²) in [6.45, 7) is 9.47. The Bertz CT molecular complexity index is 613. The van der Waals surface area contributed by atoms with Gasteiger partial charge >= 0.3 is 0 Å². The van der Waals surface area contributed by atoms with Gasteiger partial charge in [0.1, 0.15) is 0 Å². The van der Waals surface area contributed by atoms with Crippen molar-refractivity contribution in [1.82, 2.24) is 4.57 Å². The molecule has 0 bridgehead atoms. The maximum absolute atomic E-state index is 6.27. The zero-order valence-corrected chi connectivity index (χ0v) is 14.0. The van der Waals surface area contributed by atoms with E-state index in [1.807, 2.05) is 12.1 Å². The topological polar surface area (TPSA) is 17.3 Å². The molecule has 0 fully saturated rings. The van der Waals surface area contributed by atoms with Crippen LogP contribution in [0.2, 0.25) is 5.02 Å². The first-order valence-corrected chi connectivity index (χ1v) is 7.85. The summed E-state index contributed by atoms with van der Waals surface area (Å²) in [6, 6.07) is 10.3. The lowest BCUT2D eigenvalue weighted by atomic mass is 10.1. The number of hydrogen-bond acceptors (Lipinski definition) is 1. The van der Waals surface area contributed by atoms with E-state index in [9.17, 15) is 0 Å². The third-order valence-corrected chi connectivity index (χ3v) is 4.21. The molecule has 2 nitrogen and oxygen atoms in total. The fraction of sp³-hybridized carbons (Fsp3) is 0.389. The van der Waals surface area contributed by atoms with E-state index in [4.69, 9.17) is 16.6 Å². The lowest BCUT2D eigenvalue weighted by molar-refractivity contribution is 0.684. The Kier molecular flexibility index (Phi) is 5.24. The minimum Gasteiger partial charge on any atom is -0.349 e. The molecule has 0 unspecified atom stereocenters. The molecule has 2 aromatic rings. The highest BCUT2D eigenvalue weighted by Crippen LogP contribution is 2.29. The van der Waals surface area contributed by atoms with Crippen molar-refractivity contribution in [2.45, 2.75) is 47.1 Å². The van der Waals surface area contributed by atoms with Gasteiger partial charge in [0, 0.05) is 30.1 Å². The summed E-state index contributed by atoms with van der Waals surface area (Å²) < 4.78 is 2.34. The number of halogens is 1. The van der Waals surface area contributed by atoms with Gasteiger partial charge in [-0.3, -0.25) is 4.99 Å². The summed E-state index contributed by atoms with van der Waals surface area (Å²) in [4.78, 5) is 4.81. The molecule has 1 aromatic carbocycles. The summed E-state index contributed by atoms with van der Waals surface area (Å²) in [5.41, 5.74) is 5.84. The summed E-state index contributed by atoms with van der Waals surface area (Å²) in [7, 11) is 0. The Balaban J connectivity index is 2.19. The van der Waals surface area contributed by atoms with Crippen LogP contribution in [-0.4, -0.2) is 10.3 Å². The minimum absolute atomic E-state index is 0.731. The molecule has 0 atom stereocenters. The van der Waals surface area contributed by atoms with Crippen molar-refractivity contribution in [1.29, 1.82) is 0 Å². The maximum Gasteiger partial charge on any atom is 0.0844 e. The van der Waals surface area contributed by atoms with Gasteiger partial charge in [-0.05, 0) is 51.0 Å². The Hall–Kier alpha value is -1.54. The standard InChI is InChI=1S/C18H23ClN2/c1-5-16(11-12-21-14(3)9-10-15(21)4)20-18-13(2)7-6-8-17(18)19/h6-10H,5,11-12H2,1-4H3. The molecule has 0 aliphatic carbocycles. The van der Waals surface area contributed by atoms with Crippen LogP contribution >= 0.6 is 11.6 Å². The van der Waals surface area contributed by atoms with Gasteiger partial charge in [0.25, 0.3) is 0 Å². The van der Waals surface area contributed by atoms with Crippen molar-refractivity contribution in [2.75, 3.05) is 0 Å². The highest BCUT2D eigenvalue weighted by molar-refractivity contribution is 6.33. The third-order valence-electron chi connectivity index (χ3n) is 3.91. The van der Waals surface area contributed by atoms with E-state index < -0.39 is 0 Å². The quantitative estimate of drug-likeness (QED) is 0.636. The fourth-order valence-corrected chi connectivity index (χ4v) is 2.79. The molecule has 112 valence electrons. The van der Waals surface area contributed by atoms with E-state index in [0.29, 0.717) is 0 Å². The third kappa shape index (κ3) is 3.76. The number of aromatic nitrogens is 1. The van der Waals surface area contributed by atoms with Crippen molar-refractivity contribution in [2.24, 2.45) is 4.99 Å². The van der Waals surface area contributed by atoms with Crippen LogP contribution in [0.1, 0.15) is 36.7 Å². The highest BCUT2D eigenvalue weighted by Gasteiger charge is 2.06. The lowest BCUT2D eigenvalue weighted by Crippen LogP contribution is -2.07. The van der Waals surface area contributed by atoms with Gasteiger partial charge in [-0.15, -0.1) is 0 Å². The predicted octanol–water partition coefficient (Wildman–Crippen LogP) is 5.64. The van der Waals surface area contributed by atoms with E-state index >= 15 is 0 Å². The molecular formula is C18H23ClN2. The van der Waals surface area contributed by atoms with E-state index in [0.717, 1.165) is 35.7 Å². The Morgan fingerprint density at radius 3 is 2.33 bits per heavy atom. The molecule has 0 amide bonds. The number of para-hydroxylation sites is 1. The molecular weight excluding hydrogens is 280 g/mol. The van der Waals surface area contributed by atoms with Crippen LogP contribution in [0.5, 0.6) is 0 Å². The van der Waals surface area contributed by atoms with Crippen LogP contribution < -0.4 is 0 Å². The zero-order chi connectivity index (χ0) is 15.4. The van der Waals surface area contributed by atoms with Crippen molar-refractivity contribution < 1.29 is 0 Å². The first-order chi connectivity index (χ1) is 10.0. The Morgan fingerprint density at radius 1 is 1.10 bits per heavy atom. The van der Waals surface area contributed by atoms with Crippen molar-refractivity contribution in [3.63, 3.8) is 0 Å². The summed E-state index contributed by atoms with van der Waals surface area (Å²) in [5.74, 6) is 0. The van der Waals surface area contributed by atoms with Crippen LogP contribution in [0.25, 0.3) is 0 Å². The molecule has 3 heteroatoms. The van der Waals surface area contributed by atoms with Crippen LogP contribution in [0.4, 0.5) is 5.69 Å². The first-order valence-electron chi connectivity index (χ1n) is 7.47. The number of aryl methyl sites for hydroxylation is 3. The lowest BCUT2D eigenvalue weighted by Gasteiger charge is -2.11. The number of hydrogen-bond donors (Lipinski definition) is 0. The molecule has 0 spiro atoms. The van der Waals surface area contributed by atoms with Gasteiger partial charge in [-0.1, -0.05) is 30.7 Å². The minimum atomic E-state index is 0.731. The van der Waals surface area contributed by atoms with Crippen LogP contribution in [0, 0.1) is 20.8 Å². The number of benzene rings is 1. The summed E-state index contributed by atoms with van der Waals surface area (Å²) in [5, 5.41) is 0.731. The van der Waals surface area contributed by atoms with Crippen molar-refractivity contribution >= 4 is 23.0 Å². The van der Waals surface area contributed by atoms with E-state index in [1.54, 1.807) is 0 Å². The first kappa shape index (κ1) is 15.8. The van der Waals surface area contributed by atoms with Crippen LogP contribution in [0.15, 0.2) is 35.3 Å². The normalized spacial score (nSPS) is 12.0. The molecule has 0 N–H and O–H groups in total. The van der Waals surface area contributed by atoms with Gasteiger partial charge in [-0.2, -0.15) is 0 Å². The Morgan fingerprint density at radius 2 is 1.76 bits per heavy atom. The maximum atomic E-state index is 6.27. The summed E-state index contributed by atoms with van der Waals surface area (Å²) in [6.07, 6.45) is 1.90. The van der Waals surface area contributed by atoms with Gasteiger partial charge < -0.3 is 4.57 Å². The number of aliphatic imine (C=N–C) groups is 1. The monoisotopic (exact) mass is 302 g/mol. The molecule has 0 saturated heterocycles. The molecule has 0 radical (unpaired) electrons. The SMILES string of the molecule is CCC(CCn1c(C)ccc1C)=Nc1c(C)cccc1Cl. The molecule has 0 aliphatic heterocycles. The molecule has 21 heavy (non-hydrogen) atoms. The van der Waals surface area contributed by atoms with Gasteiger partial charge in [0.05, 0.1) is 10.7 Å². The average Bonchev–Trinajstić information content (AvgIpc) is 2.77. The van der Waals surface area contributed by atoms with Crippen LogP contribution in [-0.2, 0) is 6.54 Å². The summed E-state index contributed by atoms with van der Waals surface area (Å²) >= 11 is 6.27. The largest absolute Gasteiger partial charge is 0.349 e. The van der Waals surface area contributed by atoms with Crippen molar-refractivity contribution in [3.8, 4) is 0 Å². The van der Waals surface area contributed by atoms with Gasteiger partial charge in [0.15, 0.2) is 0 Å². The average molecular weight is 303 g/mol. The fourth-order valence-electron chi connectivity index (χ4n) is 2.53. The van der Waals surface area contributed by atoms with Gasteiger partial charge in [-0.25, -0.2) is 0 Å². The molecule has 1 heterocycles. The molecule has 0 saturated carbocycles. The smallest absolute Gasteiger partial charge is 0.0844 e. The van der Waals surface area contributed by atoms with Crippen molar-refractivity contribution in [3.05, 3.63) is 52.3 Å². The number of rotatable bonds is 5. The second-order valence-corrected chi connectivity index (χ2v) is 5.86. The Labute approximate surface area is 132 Å². The molecule has 1 aromatic heterocycles. The molecule has 0 aliphatic rings. The molecule has 2 rings (SSSR count). The van der Waals surface area contributed by atoms with E-state index in [-0.39, 0.29) is 0 Å². The zero-order valence-electron chi connectivity index (χ0n) is 13.3. The predicted molar refractivity (Wildman–Crippen MR) is 92.1 cm³/mol. The van der Waals surface area contributed by atoms with E-state index in [2.05, 4.69) is 50.5 Å². The van der Waals surface area contributed by atoms with E-state index in [1.165, 1.54) is 17.1 Å². The van der Waals surface area contributed by atoms with Crippen LogP contribution in [0.3, 0.4) is 0 Å². The second kappa shape index (κ2) is 6.95. The van der Waals surface area contributed by atoms with Gasteiger partial charge in [0.2, 0.25) is 0 Å². The second-order valence-electron chi connectivity index (χ2n) is 5.45.